The fraction of sp³-hybridized carbons (Fsp3) is 0.222. The minimum Gasteiger partial charge on any atom is -0.481 e. The minimum atomic E-state index is -1.02. The highest BCUT2D eigenvalue weighted by Crippen LogP contribution is 2.02. The van der Waals surface area contributed by atoms with Gasteiger partial charge in [-0.3, -0.25) is 9.59 Å². The zero-order valence-electron chi connectivity index (χ0n) is 7.37. The molecule has 0 aliphatic carbocycles. The Kier molecular flexibility index (Phi) is 3.60. The van der Waals surface area contributed by atoms with Gasteiger partial charge in [0.2, 0.25) is 0 Å². The summed E-state index contributed by atoms with van der Waals surface area (Å²) in [5, 5.41) is 8.56. The lowest BCUT2D eigenvalue weighted by Gasteiger charge is -2.06. The Labute approximate surface area is 80.6 Å². The largest absolute Gasteiger partial charge is 0.481 e. The van der Waals surface area contributed by atoms with Crippen molar-refractivity contribution in [3.63, 3.8) is 0 Å². The first-order chi connectivity index (χ1) is 6.74. The van der Waals surface area contributed by atoms with Gasteiger partial charge in [0, 0.05) is 12.1 Å². The molecule has 74 valence electrons. The van der Waals surface area contributed by atoms with Crippen LogP contribution in [0, 0.1) is 0 Å². The normalized spacial score (nSPS) is 11.7. The Hall–Kier alpha value is -1.91. The number of aromatic nitrogens is 1. The van der Waals surface area contributed by atoms with E-state index >= 15 is 0 Å². The molecule has 0 aliphatic rings. The van der Waals surface area contributed by atoms with Crippen LogP contribution in [0.15, 0.2) is 30.6 Å². The van der Waals surface area contributed by atoms with Crippen LogP contribution in [0.2, 0.25) is 0 Å². The van der Waals surface area contributed by atoms with E-state index in [1.807, 2.05) is 0 Å². The van der Waals surface area contributed by atoms with Gasteiger partial charge < -0.3 is 9.84 Å². The summed E-state index contributed by atoms with van der Waals surface area (Å²) in [4.78, 5) is 20.6. The van der Waals surface area contributed by atoms with E-state index in [2.05, 4.69) is 4.74 Å². The number of nitrogens with zero attached hydrogens (tertiary/aromatic N) is 1. The molecule has 0 bridgehead atoms. The number of carboxylic acid groups (broad SMARTS) is 1. The predicted molar refractivity (Wildman–Crippen MR) is 45.1 cm³/mol. The summed E-state index contributed by atoms with van der Waals surface area (Å²) in [6, 6.07) is 5.24. The predicted octanol–water partition coefficient (Wildman–Crippen LogP) is 0.120. The summed E-state index contributed by atoms with van der Waals surface area (Å²) < 4.78 is 6.16. The lowest BCUT2D eigenvalue weighted by molar-refractivity contribution is -0.755. The molecule has 0 spiro atoms. The second kappa shape index (κ2) is 4.96. The third-order valence-electron chi connectivity index (χ3n) is 1.63. The zero-order chi connectivity index (χ0) is 10.4. The van der Waals surface area contributed by atoms with Crippen LogP contribution in [0.1, 0.15) is 12.6 Å². The van der Waals surface area contributed by atoms with Crippen LogP contribution >= 0.6 is 0 Å². The molecule has 14 heavy (non-hydrogen) atoms. The van der Waals surface area contributed by atoms with Crippen LogP contribution in [0.5, 0.6) is 0 Å². The fourth-order valence-electron chi connectivity index (χ4n) is 1.04. The van der Waals surface area contributed by atoms with Gasteiger partial charge in [-0.1, -0.05) is 6.07 Å². The van der Waals surface area contributed by atoms with E-state index in [0.717, 1.165) is 0 Å². The molecular formula is C9H10NO4+. The monoisotopic (exact) mass is 196 g/mol. The van der Waals surface area contributed by atoms with Gasteiger partial charge in [0.25, 0.3) is 6.47 Å². The van der Waals surface area contributed by atoms with Gasteiger partial charge in [-0.2, -0.15) is 4.57 Å². The maximum Gasteiger partial charge on any atom is 0.314 e. The van der Waals surface area contributed by atoms with E-state index in [0.29, 0.717) is 0 Å². The Bertz CT molecular complexity index is 312. The van der Waals surface area contributed by atoms with Gasteiger partial charge in [-0.25, -0.2) is 0 Å². The smallest absolute Gasteiger partial charge is 0.314 e. The minimum absolute atomic E-state index is 0.244. The Morgan fingerprint density at radius 1 is 1.43 bits per heavy atom. The molecule has 0 aliphatic heterocycles. The zero-order valence-corrected chi connectivity index (χ0v) is 7.37. The van der Waals surface area contributed by atoms with Crippen molar-refractivity contribution >= 4 is 12.4 Å². The van der Waals surface area contributed by atoms with Gasteiger partial charge >= 0.3 is 12.2 Å². The molecule has 1 N–H and O–H groups in total. The average molecular weight is 196 g/mol. The van der Waals surface area contributed by atoms with Gasteiger partial charge in [0.05, 0.1) is 0 Å². The molecule has 0 amide bonds. The van der Waals surface area contributed by atoms with Gasteiger partial charge in [0.1, 0.15) is 6.42 Å². The lowest BCUT2D eigenvalue weighted by atomic mass is 10.3. The molecule has 1 heterocycles. The van der Waals surface area contributed by atoms with Gasteiger partial charge in [-0.05, 0) is 0 Å². The molecule has 0 saturated heterocycles. The van der Waals surface area contributed by atoms with Crippen LogP contribution in [0.4, 0.5) is 0 Å². The van der Waals surface area contributed by atoms with E-state index in [-0.39, 0.29) is 12.9 Å². The highest BCUT2D eigenvalue weighted by molar-refractivity contribution is 5.66. The van der Waals surface area contributed by atoms with Crippen molar-refractivity contribution in [3.05, 3.63) is 30.6 Å². The van der Waals surface area contributed by atoms with Gasteiger partial charge in [-0.15, -0.1) is 0 Å². The van der Waals surface area contributed by atoms with E-state index in [1.165, 1.54) is 4.57 Å². The number of hydrogen-bond acceptors (Lipinski definition) is 3. The number of pyridine rings is 1. The maximum absolute atomic E-state index is 10.4. The molecular weight excluding hydrogens is 186 g/mol. The van der Waals surface area contributed by atoms with Crippen molar-refractivity contribution in [2.75, 3.05) is 0 Å². The second-order valence-corrected chi connectivity index (χ2v) is 2.61. The number of hydrogen-bond donors (Lipinski definition) is 1. The first kappa shape index (κ1) is 10.2. The molecule has 0 aromatic carbocycles. The highest BCUT2D eigenvalue weighted by atomic mass is 16.5. The van der Waals surface area contributed by atoms with Crippen LogP contribution in [-0.2, 0) is 14.3 Å². The molecule has 1 aromatic rings. The number of aliphatic carboxylic acids is 1. The van der Waals surface area contributed by atoms with E-state index in [4.69, 9.17) is 5.11 Å². The van der Waals surface area contributed by atoms with Crippen LogP contribution < -0.4 is 4.57 Å². The van der Waals surface area contributed by atoms with E-state index < -0.39 is 12.2 Å². The van der Waals surface area contributed by atoms with Crippen molar-refractivity contribution in [2.45, 2.75) is 12.6 Å². The lowest BCUT2D eigenvalue weighted by Crippen LogP contribution is -2.41. The van der Waals surface area contributed by atoms with Crippen LogP contribution in [-0.4, -0.2) is 17.5 Å². The Morgan fingerprint density at radius 2 is 2.07 bits per heavy atom. The number of carboxylic acids is 1. The molecule has 5 nitrogen and oxygen atoms in total. The van der Waals surface area contributed by atoms with Crippen LogP contribution in [0.25, 0.3) is 0 Å². The molecule has 1 aromatic heterocycles. The van der Waals surface area contributed by atoms with Crippen LogP contribution in [0.3, 0.4) is 0 Å². The van der Waals surface area contributed by atoms with Crippen molar-refractivity contribution in [2.24, 2.45) is 0 Å². The quantitative estimate of drug-likeness (QED) is 0.536. The van der Waals surface area contributed by atoms with E-state index in [1.54, 1.807) is 30.6 Å². The number of carbonyl (C=O) groups excluding carboxylic acids is 1. The maximum atomic E-state index is 10.4. The first-order valence-electron chi connectivity index (χ1n) is 4.00. The molecule has 1 atom stereocenters. The average Bonchev–Trinajstić information content (AvgIpc) is 2.18. The summed E-state index contributed by atoms with van der Waals surface area (Å²) in [6.45, 7) is 0.244. The summed E-state index contributed by atoms with van der Waals surface area (Å²) in [6.07, 6.45) is 2.23. The number of rotatable bonds is 5. The molecule has 5 heteroatoms. The summed E-state index contributed by atoms with van der Waals surface area (Å²) in [5.74, 6) is -1.02. The Morgan fingerprint density at radius 3 is 2.57 bits per heavy atom. The van der Waals surface area contributed by atoms with E-state index in [9.17, 15) is 9.59 Å². The highest BCUT2D eigenvalue weighted by Gasteiger charge is 2.22. The SMILES string of the molecule is O=COC(CC(=O)O)[n+]1ccccc1. The molecule has 0 radical (unpaired) electrons. The standard InChI is InChI=1S/C9H9NO4/c11-7-14-8(6-9(12)13)10-4-2-1-3-5-10/h1-5,7-8H,6H2/p+1. The summed E-state index contributed by atoms with van der Waals surface area (Å²) in [7, 11) is 0. The second-order valence-electron chi connectivity index (χ2n) is 2.61. The number of ether oxygens (including phenoxy) is 1. The number of carbonyl (C=O) groups is 2. The summed E-state index contributed by atoms with van der Waals surface area (Å²) >= 11 is 0. The molecule has 0 saturated carbocycles. The van der Waals surface area contributed by atoms with Crippen molar-refractivity contribution in [1.82, 2.24) is 0 Å². The van der Waals surface area contributed by atoms with Crippen molar-refractivity contribution in [3.8, 4) is 0 Å². The Balaban J connectivity index is 2.77. The van der Waals surface area contributed by atoms with Crippen molar-refractivity contribution < 1.29 is 24.0 Å². The topological polar surface area (TPSA) is 67.5 Å². The first-order valence-corrected chi connectivity index (χ1v) is 4.00. The van der Waals surface area contributed by atoms with Crippen molar-refractivity contribution in [1.29, 1.82) is 0 Å². The molecule has 1 rings (SSSR count). The van der Waals surface area contributed by atoms with Gasteiger partial charge in [0.15, 0.2) is 12.4 Å². The molecule has 0 fully saturated rings. The fourth-order valence-corrected chi connectivity index (χ4v) is 1.04. The summed E-state index contributed by atoms with van der Waals surface area (Å²) in [5.41, 5.74) is 0. The third-order valence-corrected chi connectivity index (χ3v) is 1.63. The molecule has 1 unspecified atom stereocenters. The third kappa shape index (κ3) is 2.85.